The fourth-order valence-electron chi connectivity index (χ4n) is 3.69. The van der Waals surface area contributed by atoms with Gasteiger partial charge in [0.25, 0.3) is 5.91 Å². The molecule has 0 unspecified atom stereocenters. The number of hydrogen-bond acceptors (Lipinski definition) is 3. The Morgan fingerprint density at radius 1 is 1.06 bits per heavy atom. The van der Waals surface area contributed by atoms with E-state index >= 15 is 0 Å². The Morgan fingerprint density at radius 3 is 2.48 bits per heavy atom. The smallest absolute Gasteiger partial charge is 0.251 e. The van der Waals surface area contributed by atoms with Crippen LogP contribution in [0.25, 0.3) is 0 Å². The first kappa shape index (κ1) is 26.6. The number of carbonyl (C=O) groups excluding carboxylic acids is 2. The van der Waals surface area contributed by atoms with E-state index in [9.17, 15) is 9.59 Å². The van der Waals surface area contributed by atoms with Crippen LogP contribution in [-0.4, -0.2) is 49.4 Å². The monoisotopic (exact) mass is 563 g/mol. The summed E-state index contributed by atoms with van der Waals surface area (Å²) in [5, 5.41) is 9.29. The molecule has 3 rings (SSSR count). The number of likely N-dealkylation sites (tertiary alicyclic amines) is 1. The van der Waals surface area contributed by atoms with Gasteiger partial charge >= 0.3 is 0 Å². The van der Waals surface area contributed by atoms with Gasteiger partial charge in [0, 0.05) is 45.2 Å². The summed E-state index contributed by atoms with van der Waals surface area (Å²) in [5.41, 5.74) is 4.04. The van der Waals surface area contributed by atoms with Gasteiger partial charge in [0.2, 0.25) is 5.91 Å². The number of hydrogen-bond donors (Lipinski definition) is 3. The van der Waals surface area contributed by atoms with Crippen molar-refractivity contribution in [2.45, 2.75) is 39.3 Å². The zero-order valence-corrected chi connectivity index (χ0v) is 21.7. The Bertz CT molecular complexity index is 946. The molecule has 1 fully saturated rings. The first-order chi connectivity index (χ1) is 15.6. The number of halogens is 1. The van der Waals surface area contributed by atoms with Crippen molar-refractivity contribution in [1.29, 1.82) is 0 Å². The van der Waals surface area contributed by atoms with Crippen molar-refractivity contribution in [2.24, 2.45) is 4.99 Å². The van der Waals surface area contributed by atoms with Crippen LogP contribution in [-0.2, 0) is 24.3 Å². The Labute approximate surface area is 213 Å². The molecule has 0 bridgehead atoms. The topological polar surface area (TPSA) is 85.8 Å². The minimum absolute atomic E-state index is 0. The fraction of sp³-hybridized carbons (Fsp3) is 0.400. The molecule has 0 atom stereocenters. The van der Waals surface area contributed by atoms with Crippen LogP contribution in [0.3, 0.4) is 0 Å². The predicted molar refractivity (Wildman–Crippen MR) is 143 cm³/mol. The van der Waals surface area contributed by atoms with Gasteiger partial charge in [0.15, 0.2) is 5.96 Å². The van der Waals surface area contributed by atoms with Crippen molar-refractivity contribution in [2.75, 3.05) is 26.7 Å². The molecule has 0 radical (unpaired) electrons. The van der Waals surface area contributed by atoms with Gasteiger partial charge in [-0.15, -0.1) is 24.0 Å². The van der Waals surface area contributed by atoms with E-state index in [0.29, 0.717) is 31.6 Å². The van der Waals surface area contributed by atoms with Crippen LogP contribution in [0.15, 0.2) is 53.5 Å². The SMILES string of the molecule is CCNC(=NCc1ccc(CN2CCCC2=O)cc1)NCCc1cccc(C(=O)NC)c1.I. The quantitative estimate of drug-likeness (QED) is 0.249. The summed E-state index contributed by atoms with van der Waals surface area (Å²) in [6.07, 6.45) is 2.43. The number of guanidine groups is 1. The van der Waals surface area contributed by atoms with Crippen molar-refractivity contribution in [3.63, 3.8) is 0 Å². The van der Waals surface area contributed by atoms with Crippen LogP contribution in [0.5, 0.6) is 0 Å². The average Bonchev–Trinajstić information content (AvgIpc) is 3.22. The summed E-state index contributed by atoms with van der Waals surface area (Å²) in [7, 11) is 1.64. The van der Waals surface area contributed by atoms with Crippen LogP contribution in [0, 0.1) is 0 Å². The number of aliphatic imine (C=N–C) groups is 1. The number of rotatable bonds is 9. The normalized spacial score (nSPS) is 13.5. The highest BCUT2D eigenvalue weighted by molar-refractivity contribution is 14.0. The Hall–Kier alpha value is -2.62. The van der Waals surface area contributed by atoms with Crippen molar-refractivity contribution >= 4 is 41.8 Å². The van der Waals surface area contributed by atoms with E-state index in [2.05, 4.69) is 45.2 Å². The molecule has 2 amide bonds. The second kappa shape index (κ2) is 13.8. The molecule has 7 nitrogen and oxygen atoms in total. The van der Waals surface area contributed by atoms with Gasteiger partial charge in [-0.05, 0) is 48.6 Å². The molecule has 0 aromatic heterocycles. The number of nitrogens with zero attached hydrogens (tertiary/aromatic N) is 2. The van der Waals surface area contributed by atoms with E-state index in [0.717, 1.165) is 48.6 Å². The molecule has 33 heavy (non-hydrogen) atoms. The zero-order valence-electron chi connectivity index (χ0n) is 19.4. The van der Waals surface area contributed by atoms with E-state index in [1.54, 1.807) is 7.05 Å². The summed E-state index contributed by atoms with van der Waals surface area (Å²) >= 11 is 0. The number of carbonyl (C=O) groups is 2. The second-order valence-electron chi connectivity index (χ2n) is 7.89. The third-order valence-electron chi connectivity index (χ3n) is 5.45. The van der Waals surface area contributed by atoms with E-state index in [-0.39, 0.29) is 35.8 Å². The number of amides is 2. The lowest BCUT2D eigenvalue weighted by atomic mass is 10.1. The van der Waals surface area contributed by atoms with Gasteiger partial charge in [-0.1, -0.05) is 36.4 Å². The van der Waals surface area contributed by atoms with Crippen LogP contribution >= 0.6 is 24.0 Å². The second-order valence-corrected chi connectivity index (χ2v) is 7.89. The molecule has 0 aliphatic carbocycles. The predicted octanol–water partition coefficient (Wildman–Crippen LogP) is 3.08. The molecule has 1 saturated heterocycles. The van der Waals surface area contributed by atoms with E-state index in [1.165, 1.54) is 0 Å². The van der Waals surface area contributed by atoms with Crippen molar-refractivity contribution < 1.29 is 9.59 Å². The van der Waals surface area contributed by atoms with Gasteiger partial charge in [-0.25, -0.2) is 4.99 Å². The molecular formula is C25H34IN5O2. The molecular weight excluding hydrogens is 529 g/mol. The lowest BCUT2D eigenvalue weighted by Gasteiger charge is -2.15. The molecule has 178 valence electrons. The fourth-order valence-corrected chi connectivity index (χ4v) is 3.69. The van der Waals surface area contributed by atoms with E-state index in [1.807, 2.05) is 36.1 Å². The van der Waals surface area contributed by atoms with E-state index in [4.69, 9.17) is 0 Å². The van der Waals surface area contributed by atoms with Crippen molar-refractivity contribution in [3.05, 3.63) is 70.8 Å². The summed E-state index contributed by atoms with van der Waals surface area (Å²) in [6.45, 7) is 5.65. The summed E-state index contributed by atoms with van der Waals surface area (Å²) in [6, 6.07) is 16.0. The van der Waals surface area contributed by atoms with Gasteiger partial charge in [-0.2, -0.15) is 0 Å². The molecule has 1 heterocycles. The molecule has 1 aliphatic rings. The summed E-state index contributed by atoms with van der Waals surface area (Å²) < 4.78 is 0. The zero-order chi connectivity index (χ0) is 22.8. The largest absolute Gasteiger partial charge is 0.357 e. The van der Waals surface area contributed by atoms with Crippen molar-refractivity contribution in [1.82, 2.24) is 20.9 Å². The third-order valence-corrected chi connectivity index (χ3v) is 5.45. The summed E-state index contributed by atoms with van der Waals surface area (Å²) in [5.74, 6) is 0.940. The highest BCUT2D eigenvalue weighted by Crippen LogP contribution is 2.15. The number of nitrogens with one attached hydrogen (secondary N) is 3. The van der Waals surface area contributed by atoms with Gasteiger partial charge in [0.1, 0.15) is 0 Å². The average molecular weight is 563 g/mol. The molecule has 2 aromatic carbocycles. The minimum atomic E-state index is -0.0761. The maximum atomic E-state index is 11.8. The van der Waals surface area contributed by atoms with Gasteiger partial charge in [0.05, 0.1) is 6.54 Å². The lowest BCUT2D eigenvalue weighted by molar-refractivity contribution is -0.128. The highest BCUT2D eigenvalue weighted by Gasteiger charge is 2.19. The first-order valence-corrected chi connectivity index (χ1v) is 11.3. The van der Waals surface area contributed by atoms with Crippen LogP contribution in [0.4, 0.5) is 0 Å². The molecule has 1 aliphatic heterocycles. The standard InChI is InChI=1S/C25H33N5O2.HI/c1-3-27-25(28-14-13-19-6-4-7-22(16-19)24(32)26-2)29-17-20-9-11-21(12-10-20)18-30-15-5-8-23(30)31;/h4,6-7,9-12,16H,3,5,8,13-15,17-18H2,1-2H3,(H,26,32)(H2,27,28,29);1H. The Kier molecular flexibility index (Phi) is 11.2. The van der Waals surface area contributed by atoms with Gasteiger partial charge in [-0.3, -0.25) is 9.59 Å². The molecule has 2 aromatic rings. The summed E-state index contributed by atoms with van der Waals surface area (Å²) in [4.78, 5) is 30.2. The molecule has 0 spiro atoms. The van der Waals surface area contributed by atoms with Crippen LogP contribution in [0.1, 0.15) is 46.8 Å². The Morgan fingerprint density at radius 2 is 1.82 bits per heavy atom. The van der Waals surface area contributed by atoms with Gasteiger partial charge < -0.3 is 20.9 Å². The maximum absolute atomic E-state index is 11.8. The van der Waals surface area contributed by atoms with E-state index < -0.39 is 0 Å². The van der Waals surface area contributed by atoms with Crippen LogP contribution in [0.2, 0.25) is 0 Å². The first-order valence-electron chi connectivity index (χ1n) is 11.3. The minimum Gasteiger partial charge on any atom is -0.357 e. The third kappa shape index (κ3) is 8.34. The van der Waals surface area contributed by atoms with Crippen molar-refractivity contribution in [3.8, 4) is 0 Å². The Balaban J connectivity index is 0.00000385. The van der Waals surface area contributed by atoms with Crippen LogP contribution < -0.4 is 16.0 Å². The number of benzene rings is 2. The molecule has 8 heteroatoms. The maximum Gasteiger partial charge on any atom is 0.251 e. The molecule has 0 saturated carbocycles. The lowest BCUT2D eigenvalue weighted by Crippen LogP contribution is -2.38. The molecule has 3 N–H and O–H groups in total. The highest BCUT2D eigenvalue weighted by atomic mass is 127.